The average molecular weight is 310 g/mol. The molecule has 0 aliphatic heterocycles. The summed E-state index contributed by atoms with van der Waals surface area (Å²) in [7, 11) is 0. The van der Waals surface area contributed by atoms with Gasteiger partial charge in [-0.15, -0.1) is 0 Å². The molecule has 1 amide bonds. The summed E-state index contributed by atoms with van der Waals surface area (Å²) in [5.41, 5.74) is 9.72. The molecule has 23 heavy (non-hydrogen) atoms. The molecule has 0 spiro atoms. The van der Waals surface area contributed by atoms with Gasteiger partial charge in [0.2, 0.25) is 5.91 Å². The van der Waals surface area contributed by atoms with E-state index < -0.39 is 0 Å². The molecule has 122 valence electrons. The zero-order chi connectivity index (χ0) is 16.7. The van der Waals surface area contributed by atoms with Crippen molar-refractivity contribution >= 4 is 5.91 Å². The highest BCUT2D eigenvalue weighted by Gasteiger charge is 2.03. The Morgan fingerprint density at radius 1 is 1.04 bits per heavy atom. The minimum atomic E-state index is -0.372. The first kappa shape index (κ1) is 17.2. The molecule has 1 unspecified atom stereocenters. The van der Waals surface area contributed by atoms with Gasteiger partial charge in [0.25, 0.3) is 0 Å². The van der Waals surface area contributed by atoms with Crippen molar-refractivity contribution in [3.8, 4) is 0 Å². The van der Waals surface area contributed by atoms with E-state index in [9.17, 15) is 4.79 Å². The number of aryl methyl sites for hydroxylation is 2. The number of rotatable bonds is 8. The Morgan fingerprint density at radius 3 is 2.26 bits per heavy atom. The first-order chi connectivity index (χ1) is 11.0. The summed E-state index contributed by atoms with van der Waals surface area (Å²) in [6.45, 7) is 5.33. The number of primary amides is 1. The number of hydrogen-bond donors (Lipinski definition) is 2. The number of carbonyl (C=O) groups is 1. The van der Waals surface area contributed by atoms with E-state index in [0.717, 1.165) is 25.8 Å². The molecule has 0 radical (unpaired) electrons. The normalized spacial score (nSPS) is 12.1. The molecule has 3 heteroatoms. The van der Waals surface area contributed by atoms with E-state index in [1.54, 1.807) is 12.1 Å². The highest BCUT2D eigenvalue weighted by atomic mass is 16.1. The van der Waals surface area contributed by atoms with E-state index in [4.69, 9.17) is 5.73 Å². The molecule has 0 saturated heterocycles. The molecule has 2 rings (SSSR count). The van der Waals surface area contributed by atoms with E-state index in [2.05, 4.69) is 43.4 Å². The van der Waals surface area contributed by atoms with E-state index in [1.807, 2.05) is 12.1 Å². The lowest BCUT2D eigenvalue weighted by atomic mass is 10.0. The number of benzene rings is 2. The highest BCUT2D eigenvalue weighted by Crippen LogP contribution is 2.08. The van der Waals surface area contributed by atoms with Crippen LogP contribution in [0.25, 0.3) is 0 Å². The van der Waals surface area contributed by atoms with Crippen molar-refractivity contribution in [2.24, 2.45) is 5.73 Å². The predicted molar refractivity (Wildman–Crippen MR) is 95.6 cm³/mol. The van der Waals surface area contributed by atoms with Gasteiger partial charge in [0, 0.05) is 11.6 Å². The first-order valence-corrected chi connectivity index (χ1v) is 8.22. The minimum absolute atomic E-state index is 0.372. The third-order valence-electron chi connectivity index (χ3n) is 4.04. The van der Waals surface area contributed by atoms with Crippen LogP contribution in [-0.2, 0) is 12.8 Å². The summed E-state index contributed by atoms with van der Waals surface area (Å²) in [6, 6.07) is 16.8. The number of nitrogens with one attached hydrogen (secondary N) is 1. The van der Waals surface area contributed by atoms with E-state index >= 15 is 0 Å². The average Bonchev–Trinajstić information content (AvgIpc) is 2.54. The quantitative estimate of drug-likeness (QED) is 0.735. The van der Waals surface area contributed by atoms with Crippen LogP contribution in [0.1, 0.15) is 40.4 Å². The van der Waals surface area contributed by atoms with Gasteiger partial charge < -0.3 is 11.1 Å². The summed E-state index contributed by atoms with van der Waals surface area (Å²) in [5.74, 6) is -0.372. The van der Waals surface area contributed by atoms with E-state index in [-0.39, 0.29) is 5.91 Å². The fourth-order valence-corrected chi connectivity index (χ4v) is 2.63. The van der Waals surface area contributed by atoms with Gasteiger partial charge in [-0.05, 0) is 62.9 Å². The summed E-state index contributed by atoms with van der Waals surface area (Å²) < 4.78 is 0. The van der Waals surface area contributed by atoms with Crippen molar-refractivity contribution < 1.29 is 4.79 Å². The van der Waals surface area contributed by atoms with Crippen LogP contribution in [-0.4, -0.2) is 18.5 Å². The molecular formula is C20H26N2O. The number of hydrogen-bond acceptors (Lipinski definition) is 2. The molecule has 1 atom stereocenters. The smallest absolute Gasteiger partial charge is 0.248 e. The second-order valence-electron chi connectivity index (χ2n) is 6.21. The molecule has 2 aromatic carbocycles. The molecule has 0 saturated carbocycles. The van der Waals surface area contributed by atoms with Gasteiger partial charge in [0.1, 0.15) is 0 Å². The third kappa shape index (κ3) is 5.87. The molecule has 0 aliphatic carbocycles. The second kappa shape index (κ2) is 8.49. The summed E-state index contributed by atoms with van der Waals surface area (Å²) >= 11 is 0. The van der Waals surface area contributed by atoms with Crippen LogP contribution in [0.3, 0.4) is 0 Å². The zero-order valence-electron chi connectivity index (χ0n) is 14.0. The molecule has 0 fully saturated rings. The molecule has 0 aromatic heterocycles. The Balaban J connectivity index is 1.68. The summed E-state index contributed by atoms with van der Waals surface area (Å²) in [4.78, 5) is 11.0. The van der Waals surface area contributed by atoms with Crippen molar-refractivity contribution in [3.05, 3.63) is 70.8 Å². The SMILES string of the molecule is Cc1ccc(CC(C)NCCCc2ccc(C(N)=O)cc2)cc1. The van der Waals surface area contributed by atoms with Crippen LogP contribution in [0.5, 0.6) is 0 Å². The Hall–Kier alpha value is -2.13. The fourth-order valence-electron chi connectivity index (χ4n) is 2.63. The zero-order valence-corrected chi connectivity index (χ0v) is 14.0. The molecular weight excluding hydrogens is 284 g/mol. The van der Waals surface area contributed by atoms with E-state index in [1.165, 1.54) is 16.7 Å². The van der Waals surface area contributed by atoms with Gasteiger partial charge in [-0.2, -0.15) is 0 Å². The Kier molecular flexibility index (Phi) is 6.36. The number of amides is 1. The van der Waals surface area contributed by atoms with Crippen molar-refractivity contribution in [3.63, 3.8) is 0 Å². The van der Waals surface area contributed by atoms with Crippen molar-refractivity contribution in [1.82, 2.24) is 5.32 Å². The van der Waals surface area contributed by atoms with Gasteiger partial charge in [0.05, 0.1) is 0 Å². The largest absolute Gasteiger partial charge is 0.366 e. The van der Waals surface area contributed by atoms with Crippen LogP contribution >= 0.6 is 0 Å². The Bertz CT molecular complexity index is 617. The first-order valence-electron chi connectivity index (χ1n) is 8.22. The minimum Gasteiger partial charge on any atom is -0.366 e. The van der Waals surface area contributed by atoms with Gasteiger partial charge in [0.15, 0.2) is 0 Å². The summed E-state index contributed by atoms with van der Waals surface area (Å²) in [5, 5.41) is 3.57. The fraction of sp³-hybridized carbons (Fsp3) is 0.350. The molecule has 3 N–H and O–H groups in total. The van der Waals surface area contributed by atoms with Crippen molar-refractivity contribution in [2.45, 2.75) is 39.2 Å². The van der Waals surface area contributed by atoms with Crippen LogP contribution < -0.4 is 11.1 Å². The third-order valence-corrected chi connectivity index (χ3v) is 4.04. The molecule has 3 nitrogen and oxygen atoms in total. The molecule has 2 aromatic rings. The van der Waals surface area contributed by atoms with Gasteiger partial charge in [-0.3, -0.25) is 4.79 Å². The number of nitrogens with two attached hydrogens (primary N) is 1. The maximum Gasteiger partial charge on any atom is 0.248 e. The van der Waals surface area contributed by atoms with Crippen molar-refractivity contribution in [2.75, 3.05) is 6.54 Å². The van der Waals surface area contributed by atoms with Gasteiger partial charge in [-0.25, -0.2) is 0 Å². The van der Waals surface area contributed by atoms with Gasteiger partial charge in [-0.1, -0.05) is 42.0 Å². The predicted octanol–water partition coefficient (Wildman–Crippen LogP) is 3.25. The lowest BCUT2D eigenvalue weighted by molar-refractivity contribution is 0.100. The number of carbonyl (C=O) groups excluding carboxylic acids is 1. The topological polar surface area (TPSA) is 55.1 Å². The summed E-state index contributed by atoms with van der Waals surface area (Å²) in [6.07, 6.45) is 3.13. The molecule has 0 aliphatic rings. The standard InChI is InChI=1S/C20H26N2O/c1-15-5-7-18(8-6-15)14-16(2)22-13-3-4-17-9-11-19(12-10-17)20(21)23/h5-12,16,22H,3-4,13-14H2,1-2H3,(H2,21,23). The molecule has 0 bridgehead atoms. The lowest BCUT2D eigenvalue weighted by Gasteiger charge is -2.14. The van der Waals surface area contributed by atoms with Crippen LogP contribution in [0.15, 0.2) is 48.5 Å². The second-order valence-corrected chi connectivity index (χ2v) is 6.21. The Labute approximate surface area is 138 Å². The maximum atomic E-state index is 11.0. The maximum absolute atomic E-state index is 11.0. The van der Waals surface area contributed by atoms with Crippen LogP contribution in [0, 0.1) is 6.92 Å². The van der Waals surface area contributed by atoms with Crippen molar-refractivity contribution in [1.29, 1.82) is 0 Å². The lowest BCUT2D eigenvalue weighted by Crippen LogP contribution is -2.29. The molecule has 0 heterocycles. The van der Waals surface area contributed by atoms with Crippen LogP contribution in [0.4, 0.5) is 0 Å². The monoisotopic (exact) mass is 310 g/mol. The highest BCUT2D eigenvalue weighted by molar-refractivity contribution is 5.92. The van der Waals surface area contributed by atoms with Gasteiger partial charge >= 0.3 is 0 Å². The van der Waals surface area contributed by atoms with Crippen LogP contribution in [0.2, 0.25) is 0 Å². The van der Waals surface area contributed by atoms with E-state index in [0.29, 0.717) is 11.6 Å². The Morgan fingerprint density at radius 2 is 1.65 bits per heavy atom.